The van der Waals surface area contributed by atoms with Crippen molar-refractivity contribution < 1.29 is 23.4 Å². The minimum absolute atomic E-state index is 0.113. The number of hydrogen-bond acceptors (Lipinski definition) is 4. The summed E-state index contributed by atoms with van der Waals surface area (Å²) in [5, 5.41) is 17.7. The van der Waals surface area contributed by atoms with Crippen molar-refractivity contribution in [2.45, 2.75) is 25.2 Å². The topological polar surface area (TPSA) is 104 Å². The van der Waals surface area contributed by atoms with Crippen LogP contribution in [0, 0.1) is 19.8 Å². The van der Waals surface area contributed by atoms with Crippen LogP contribution in [0.4, 0.5) is 0 Å². The molecule has 0 aliphatic heterocycles. The molecule has 6 nitrogen and oxygen atoms in total. The van der Waals surface area contributed by atoms with Gasteiger partial charge in [-0.05, 0) is 37.1 Å². The van der Waals surface area contributed by atoms with Crippen LogP contribution in [0.5, 0.6) is 0 Å². The maximum absolute atomic E-state index is 12.1. The lowest BCUT2D eigenvalue weighted by Gasteiger charge is -2.13. The number of rotatable bonds is 7. The Morgan fingerprint density at radius 2 is 1.95 bits per heavy atom. The molecule has 3 N–H and O–H groups in total. The van der Waals surface area contributed by atoms with Crippen molar-refractivity contribution in [3.05, 3.63) is 29.3 Å². The highest BCUT2D eigenvalue weighted by Crippen LogP contribution is 2.15. The SMILES string of the molecule is Cc1ccc(S(=O)(=O)NCC(CO)CC(=O)O)cc1C. The van der Waals surface area contributed by atoms with E-state index in [9.17, 15) is 13.2 Å². The van der Waals surface area contributed by atoms with Gasteiger partial charge in [-0.15, -0.1) is 0 Å². The number of hydrogen-bond donors (Lipinski definition) is 3. The van der Waals surface area contributed by atoms with Crippen LogP contribution in [0.3, 0.4) is 0 Å². The van der Waals surface area contributed by atoms with Gasteiger partial charge in [-0.2, -0.15) is 0 Å². The van der Waals surface area contributed by atoms with Crippen LogP contribution in [0.15, 0.2) is 23.1 Å². The second kappa shape index (κ2) is 6.83. The van der Waals surface area contributed by atoms with Gasteiger partial charge in [0.15, 0.2) is 0 Å². The van der Waals surface area contributed by atoms with E-state index >= 15 is 0 Å². The maximum atomic E-state index is 12.1. The quantitative estimate of drug-likeness (QED) is 0.686. The lowest BCUT2D eigenvalue weighted by molar-refractivity contribution is -0.138. The molecule has 0 aliphatic carbocycles. The highest BCUT2D eigenvalue weighted by molar-refractivity contribution is 7.89. The predicted octanol–water partition coefficient (Wildman–Crippen LogP) is 0.665. The molecule has 1 aromatic carbocycles. The summed E-state index contributed by atoms with van der Waals surface area (Å²) in [5.41, 5.74) is 1.85. The molecule has 112 valence electrons. The zero-order chi connectivity index (χ0) is 15.3. The number of aliphatic carboxylic acids is 1. The second-order valence-electron chi connectivity index (χ2n) is 4.74. The molecule has 7 heteroatoms. The van der Waals surface area contributed by atoms with Gasteiger partial charge in [-0.3, -0.25) is 4.79 Å². The van der Waals surface area contributed by atoms with Crippen LogP contribution in [-0.2, 0) is 14.8 Å². The van der Waals surface area contributed by atoms with Crippen LogP contribution in [0.1, 0.15) is 17.5 Å². The van der Waals surface area contributed by atoms with Crippen LogP contribution in [0.2, 0.25) is 0 Å². The van der Waals surface area contributed by atoms with Gasteiger partial charge < -0.3 is 10.2 Å². The molecule has 0 aromatic heterocycles. The van der Waals surface area contributed by atoms with Gasteiger partial charge in [-0.1, -0.05) is 6.07 Å². The van der Waals surface area contributed by atoms with Crippen LogP contribution < -0.4 is 4.72 Å². The number of aryl methyl sites for hydroxylation is 2. The van der Waals surface area contributed by atoms with Gasteiger partial charge in [0, 0.05) is 19.1 Å². The summed E-state index contributed by atoms with van der Waals surface area (Å²) < 4.78 is 26.5. The number of sulfonamides is 1. The zero-order valence-electron chi connectivity index (χ0n) is 11.5. The molecule has 0 heterocycles. The Morgan fingerprint density at radius 1 is 1.30 bits per heavy atom. The third-order valence-corrected chi connectivity index (χ3v) is 4.49. The first-order valence-corrected chi connectivity index (χ1v) is 7.64. The van der Waals surface area contributed by atoms with E-state index < -0.39 is 21.9 Å². The van der Waals surface area contributed by atoms with Crippen molar-refractivity contribution in [1.29, 1.82) is 0 Å². The first-order chi connectivity index (χ1) is 9.26. The molecule has 1 aromatic rings. The normalized spacial score (nSPS) is 13.2. The summed E-state index contributed by atoms with van der Waals surface area (Å²) >= 11 is 0. The molecule has 0 saturated heterocycles. The average Bonchev–Trinajstić information content (AvgIpc) is 2.37. The molecular formula is C13H19NO5S. The fourth-order valence-corrected chi connectivity index (χ4v) is 2.84. The van der Waals surface area contributed by atoms with E-state index in [1.54, 1.807) is 12.1 Å². The Kier molecular flexibility index (Phi) is 5.67. The summed E-state index contributed by atoms with van der Waals surface area (Å²) in [5.74, 6) is -1.72. The standard InChI is InChI=1S/C13H19NO5S/c1-9-3-4-12(5-10(9)2)20(18,19)14-7-11(8-15)6-13(16)17/h3-5,11,14-15H,6-8H2,1-2H3,(H,16,17). The number of aliphatic hydroxyl groups is 1. The van der Waals surface area contributed by atoms with Crippen molar-refractivity contribution in [1.82, 2.24) is 4.72 Å². The summed E-state index contributed by atoms with van der Waals surface area (Å²) in [6, 6.07) is 4.77. The van der Waals surface area contributed by atoms with Gasteiger partial charge in [0.05, 0.1) is 11.3 Å². The molecule has 20 heavy (non-hydrogen) atoms. The van der Waals surface area contributed by atoms with Gasteiger partial charge in [0.2, 0.25) is 10.0 Å². The molecular weight excluding hydrogens is 282 g/mol. The van der Waals surface area contributed by atoms with E-state index in [0.29, 0.717) is 0 Å². The number of carbonyl (C=O) groups is 1. The van der Waals surface area contributed by atoms with Crippen LogP contribution in [-0.4, -0.2) is 37.8 Å². The Balaban J connectivity index is 2.79. The molecule has 0 spiro atoms. The van der Waals surface area contributed by atoms with Crippen molar-refractivity contribution in [2.75, 3.05) is 13.2 Å². The predicted molar refractivity (Wildman–Crippen MR) is 73.9 cm³/mol. The highest BCUT2D eigenvalue weighted by atomic mass is 32.2. The van der Waals surface area contributed by atoms with Gasteiger partial charge in [0.25, 0.3) is 0 Å². The molecule has 1 rings (SSSR count). The number of carboxylic acids is 1. The molecule has 1 atom stereocenters. The third kappa shape index (κ3) is 4.59. The monoisotopic (exact) mass is 301 g/mol. The lowest BCUT2D eigenvalue weighted by atomic mass is 10.1. The summed E-state index contributed by atoms with van der Waals surface area (Å²) in [6.07, 6.45) is -0.286. The van der Waals surface area contributed by atoms with E-state index in [-0.39, 0.29) is 24.5 Å². The summed E-state index contributed by atoms with van der Waals surface area (Å²) in [7, 11) is -3.69. The second-order valence-corrected chi connectivity index (χ2v) is 6.51. The van der Waals surface area contributed by atoms with E-state index in [4.69, 9.17) is 10.2 Å². The lowest BCUT2D eigenvalue weighted by Crippen LogP contribution is -2.32. The smallest absolute Gasteiger partial charge is 0.303 e. The zero-order valence-corrected chi connectivity index (χ0v) is 12.3. The molecule has 0 radical (unpaired) electrons. The van der Waals surface area contributed by atoms with Crippen molar-refractivity contribution in [3.63, 3.8) is 0 Å². The fraction of sp³-hybridized carbons (Fsp3) is 0.462. The maximum Gasteiger partial charge on any atom is 0.303 e. The van der Waals surface area contributed by atoms with Crippen LogP contribution >= 0.6 is 0 Å². The average molecular weight is 301 g/mol. The molecule has 0 amide bonds. The Labute approximate surface area is 118 Å². The minimum Gasteiger partial charge on any atom is -0.481 e. The molecule has 0 aliphatic rings. The Bertz CT molecular complexity index is 582. The first-order valence-electron chi connectivity index (χ1n) is 6.16. The minimum atomic E-state index is -3.69. The molecule has 0 fully saturated rings. The van der Waals surface area contributed by atoms with E-state index in [2.05, 4.69) is 4.72 Å². The fourth-order valence-electron chi connectivity index (χ4n) is 1.64. The van der Waals surface area contributed by atoms with E-state index in [1.165, 1.54) is 6.07 Å². The largest absolute Gasteiger partial charge is 0.481 e. The number of benzene rings is 1. The van der Waals surface area contributed by atoms with Crippen molar-refractivity contribution in [2.24, 2.45) is 5.92 Å². The van der Waals surface area contributed by atoms with Crippen molar-refractivity contribution >= 4 is 16.0 Å². The molecule has 1 unspecified atom stereocenters. The van der Waals surface area contributed by atoms with E-state index in [1.807, 2.05) is 13.8 Å². The van der Waals surface area contributed by atoms with Gasteiger partial charge in [-0.25, -0.2) is 13.1 Å². The van der Waals surface area contributed by atoms with E-state index in [0.717, 1.165) is 11.1 Å². The Hall–Kier alpha value is -1.44. The Morgan fingerprint density at radius 3 is 2.45 bits per heavy atom. The third-order valence-electron chi connectivity index (χ3n) is 3.07. The van der Waals surface area contributed by atoms with Gasteiger partial charge >= 0.3 is 5.97 Å². The van der Waals surface area contributed by atoms with Crippen molar-refractivity contribution in [3.8, 4) is 0 Å². The number of aliphatic hydroxyl groups excluding tert-OH is 1. The van der Waals surface area contributed by atoms with Crippen LogP contribution in [0.25, 0.3) is 0 Å². The first kappa shape index (κ1) is 16.6. The summed E-state index contributed by atoms with van der Waals surface area (Å²) in [4.78, 5) is 10.7. The number of carboxylic acid groups (broad SMARTS) is 1. The number of nitrogens with one attached hydrogen (secondary N) is 1. The summed E-state index contributed by atoms with van der Waals surface area (Å²) in [6.45, 7) is 3.20. The molecule has 0 bridgehead atoms. The molecule has 0 saturated carbocycles. The van der Waals surface area contributed by atoms with Gasteiger partial charge in [0.1, 0.15) is 0 Å². The highest BCUT2D eigenvalue weighted by Gasteiger charge is 2.18.